The Bertz CT molecular complexity index is 969. The van der Waals surface area contributed by atoms with Gasteiger partial charge < -0.3 is 9.40 Å². The van der Waals surface area contributed by atoms with E-state index in [-0.39, 0.29) is 0 Å². The number of hydrogen-bond donors (Lipinski definition) is 1. The molecule has 0 radical (unpaired) electrons. The van der Waals surface area contributed by atoms with Crippen molar-refractivity contribution in [2.75, 3.05) is 0 Å². The largest absolute Gasteiger partial charge is 0.440 e. The second kappa shape index (κ2) is 6.03. The van der Waals surface area contributed by atoms with E-state index in [0.717, 1.165) is 28.5 Å². The lowest BCUT2D eigenvalue weighted by atomic mass is 10.3. The van der Waals surface area contributed by atoms with Gasteiger partial charge >= 0.3 is 0 Å². The lowest BCUT2D eigenvalue weighted by molar-refractivity contribution is 0.510. The van der Waals surface area contributed by atoms with E-state index < -0.39 is 11.6 Å². The Balaban J connectivity index is 1.55. The average molecular weight is 363 g/mol. The number of imidazole rings is 1. The van der Waals surface area contributed by atoms with E-state index in [4.69, 9.17) is 4.42 Å². The fourth-order valence-corrected chi connectivity index (χ4v) is 3.79. The highest BCUT2D eigenvalue weighted by molar-refractivity contribution is 7.98. The average Bonchev–Trinajstić information content (AvgIpc) is 3.25. The van der Waals surface area contributed by atoms with Gasteiger partial charge in [-0.3, -0.25) is 0 Å². The quantitative estimate of drug-likeness (QED) is 0.509. The van der Waals surface area contributed by atoms with Crippen LogP contribution in [0.4, 0.5) is 8.78 Å². The number of nitrogens with zero attached hydrogens (tertiary/aromatic N) is 2. The van der Waals surface area contributed by atoms with Gasteiger partial charge in [0.15, 0.2) is 16.8 Å². The fourth-order valence-electron chi connectivity index (χ4n) is 2.25. The Morgan fingerprint density at radius 2 is 2.08 bits per heavy atom. The number of fused-ring (bicyclic) bond motifs is 1. The van der Waals surface area contributed by atoms with Crippen LogP contribution in [0.2, 0.25) is 0 Å². The molecule has 122 valence electrons. The predicted octanol–water partition coefficient (Wildman–Crippen LogP) is 5.16. The van der Waals surface area contributed by atoms with E-state index in [9.17, 15) is 8.78 Å². The van der Waals surface area contributed by atoms with Crippen LogP contribution in [-0.4, -0.2) is 15.0 Å². The zero-order chi connectivity index (χ0) is 16.7. The number of hydrogen-bond acceptors (Lipinski definition) is 5. The van der Waals surface area contributed by atoms with E-state index in [0.29, 0.717) is 27.8 Å². The van der Waals surface area contributed by atoms with Crippen molar-refractivity contribution in [3.8, 4) is 10.8 Å². The molecule has 0 amide bonds. The second-order valence-electron chi connectivity index (χ2n) is 5.11. The van der Waals surface area contributed by atoms with Gasteiger partial charge in [-0.15, -0.1) is 11.3 Å². The van der Waals surface area contributed by atoms with Gasteiger partial charge in [-0.25, -0.2) is 18.7 Å². The first-order valence-corrected chi connectivity index (χ1v) is 8.94. The van der Waals surface area contributed by atoms with Gasteiger partial charge in [0.2, 0.25) is 5.89 Å². The Morgan fingerprint density at radius 3 is 2.88 bits per heavy atom. The van der Waals surface area contributed by atoms with Crippen LogP contribution in [0.5, 0.6) is 0 Å². The van der Waals surface area contributed by atoms with Crippen LogP contribution in [0, 0.1) is 18.6 Å². The summed E-state index contributed by atoms with van der Waals surface area (Å²) in [5.74, 6) is 0.103. The highest BCUT2D eigenvalue weighted by atomic mass is 32.2. The molecule has 4 aromatic rings. The topological polar surface area (TPSA) is 54.7 Å². The van der Waals surface area contributed by atoms with Gasteiger partial charge in [-0.1, -0.05) is 17.8 Å². The van der Waals surface area contributed by atoms with Crippen molar-refractivity contribution in [1.29, 1.82) is 0 Å². The van der Waals surface area contributed by atoms with Crippen molar-refractivity contribution in [3.05, 3.63) is 52.7 Å². The summed E-state index contributed by atoms with van der Waals surface area (Å²) in [5, 5.41) is 2.55. The minimum atomic E-state index is -0.904. The van der Waals surface area contributed by atoms with Crippen LogP contribution >= 0.6 is 23.1 Å². The molecule has 0 saturated heterocycles. The summed E-state index contributed by atoms with van der Waals surface area (Å²) in [6.45, 7) is 1.86. The summed E-state index contributed by atoms with van der Waals surface area (Å²) in [6, 6.07) is 6.09. The molecule has 4 nitrogen and oxygen atoms in total. The predicted molar refractivity (Wildman–Crippen MR) is 90.1 cm³/mol. The maximum absolute atomic E-state index is 13.2. The standard InChI is InChI=1S/C16H11F2N3OS2/c1-8-13(19-15(22-8)14-3-2-4-23-14)7-24-16-20-11-5-9(17)10(18)6-12(11)21-16/h2-6H,7H2,1H3,(H,20,21). The first-order chi connectivity index (χ1) is 11.6. The van der Waals surface area contributed by atoms with Crippen LogP contribution in [0.15, 0.2) is 39.2 Å². The molecule has 8 heteroatoms. The third kappa shape index (κ3) is 2.83. The molecule has 24 heavy (non-hydrogen) atoms. The molecule has 0 unspecified atom stereocenters. The molecular formula is C16H11F2N3OS2. The SMILES string of the molecule is Cc1oc(-c2cccs2)nc1CSc1nc2cc(F)c(F)cc2[nH]1. The molecule has 3 heterocycles. The monoisotopic (exact) mass is 363 g/mol. The van der Waals surface area contributed by atoms with Gasteiger partial charge in [-0.05, 0) is 18.4 Å². The normalized spacial score (nSPS) is 11.5. The summed E-state index contributed by atoms with van der Waals surface area (Å²) >= 11 is 2.97. The van der Waals surface area contributed by atoms with Gasteiger partial charge in [0, 0.05) is 17.9 Å². The van der Waals surface area contributed by atoms with Crippen molar-refractivity contribution in [2.45, 2.75) is 17.8 Å². The first-order valence-electron chi connectivity index (χ1n) is 7.08. The number of H-pyrrole nitrogens is 1. The molecule has 1 aromatic carbocycles. The molecule has 0 aliphatic heterocycles. The van der Waals surface area contributed by atoms with Gasteiger partial charge in [0.05, 0.1) is 21.6 Å². The van der Waals surface area contributed by atoms with Gasteiger partial charge in [-0.2, -0.15) is 0 Å². The maximum Gasteiger partial charge on any atom is 0.236 e. The molecule has 0 saturated carbocycles. The number of thiophene rings is 1. The molecular weight excluding hydrogens is 352 g/mol. The minimum Gasteiger partial charge on any atom is -0.440 e. The van der Waals surface area contributed by atoms with Crippen molar-refractivity contribution in [3.63, 3.8) is 0 Å². The summed E-state index contributed by atoms with van der Waals surface area (Å²) in [5.41, 5.74) is 1.68. The van der Waals surface area contributed by atoms with E-state index in [1.807, 2.05) is 24.4 Å². The van der Waals surface area contributed by atoms with Gasteiger partial charge in [0.25, 0.3) is 0 Å². The minimum absolute atomic E-state index is 0.396. The third-order valence-corrected chi connectivity index (χ3v) is 5.21. The second-order valence-corrected chi connectivity index (χ2v) is 7.03. The molecule has 0 bridgehead atoms. The molecule has 4 rings (SSSR count). The number of halogens is 2. The Kier molecular flexibility index (Phi) is 3.85. The van der Waals surface area contributed by atoms with E-state index in [2.05, 4.69) is 15.0 Å². The molecule has 0 aliphatic carbocycles. The zero-order valence-corrected chi connectivity index (χ0v) is 14.1. The number of aromatic nitrogens is 3. The summed E-state index contributed by atoms with van der Waals surface area (Å²) in [4.78, 5) is 12.7. The number of benzene rings is 1. The molecule has 1 N–H and O–H groups in total. The van der Waals surface area contributed by atoms with Crippen LogP contribution < -0.4 is 0 Å². The highest BCUT2D eigenvalue weighted by Gasteiger charge is 2.14. The van der Waals surface area contributed by atoms with E-state index in [1.54, 1.807) is 11.3 Å². The summed E-state index contributed by atoms with van der Waals surface area (Å²) < 4.78 is 32.2. The fraction of sp³-hybridized carbons (Fsp3) is 0.125. The lowest BCUT2D eigenvalue weighted by Crippen LogP contribution is -1.85. The molecule has 0 atom stereocenters. The van der Waals surface area contributed by atoms with Crippen LogP contribution in [0.1, 0.15) is 11.5 Å². The molecule has 0 fully saturated rings. The first kappa shape index (κ1) is 15.3. The molecule has 3 aromatic heterocycles. The van der Waals surface area contributed by atoms with Crippen molar-refractivity contribution in [2.24, 2.45) is 0 Å². The van der Waals surface area contributed by atoms with Crippen LogP contribution in [0.25, 0.3) is 21.8 Å². The highest BCUT2D eigenvalue weighted by Crippen LogP contribution is 2.29. The van der Waals surface area contributed by atoms with Crippen molar-refractivity contribution >= 4 is 34.1 Å². The number of aryl methyl sites for hydroxylation is 1. The number of rotatable bonds is 4. The Labute approximate surface area is 143 Å². The van der Waals surface area contributed by atoms with Crippen LogP contribution in [-0.2, 0) is 5.75 Å². The lowest BCUT2D eigenvalue weighted by Gasteiger charge is -1.94. The van der Waals surface area contributed by atoms with E-state index >= 15 is 0 Å². The Hall–Kier alpha value is -2.19. The smallest absolute Gasteiger partial charge is 0.236 e. The number of nitrogens with one attached hydrogen (secondary N) is 1. The zero-order valence-electron chi connectivity index (χ0n) is 12.5. The van der Waals surface area contributed by atoms with Crippen molar-refractivity contribution in [1.82, 2.24) is 15.0 Å². The van der Waals surface area contributed by atoms with Crippen molar-refractivity contribution < 1.29 is 13.2 Å². The summed E-state index contributed by atoms with van der Waals surface area (Å²) in [6.07, 6.45) is 0. The number of oxazole rings is 1. The van der Waals surface area contributed by atoms with E-state index in [1.165, 1.54) is 11.8 Å². The molecule has 0 spiro atoms. The van der Waals surface area contributed by atoms with Crippen LogP contribution in [0.3, 0.4) is 0 Å². The Morgan fingerprint density at radius 1 is 1.25 bits per heavy atom. The summed E-state index contributed by atoms with van der Waals surface area (Å²) in [7, 11) is 0. The van der Waals surface area contributed by atoms with Gasteiger partial charge in [0.1, 0.15) is 5.76 Å². The number of aromatic amines is 1. The molecule has 0 aliphatic rings. The third-order valence-electron chi connectivity index (χ3n) is 3.47. The maximum atomic E-state index is 13.2. The number of thioether (sulfide) groups is 1.